The fourth-order valence-electron chi connectivity index (χ4n) is 10.4. The maximum absolute atomic E-state index is 14.8. The van der Waals surface area contributed by atoms with E-state index in [1.807, 2.05) is 12.1 Å². The highest BCUT2D eigenvalue weighted by atomic mass is 79.9. The van der Waals surface area contributed by atoms with Gasteiger partial charge in [0.15, 0.2) is 0 Å². The van der Waals surface area contributed by atoms with Crippen LogP contribution < -0.4 is 36.6 Å². The van der Waals surface area contributed by atoms with E-state index in [-0.39, 0.29) is 23.7 Å². The summed E-state index contributed by atoms with van der Waals surface area (Å²) in [7, 11) is 0.508. The number of nitrogens with zero attached hydrogens (tertiary/aromatic N) is 7. The molecule has 18 heteroatoms. The molecule has 3 aromatic heterocycles. The Bertz CT molecular complexity index is 3040. The zero-order valence-electron chi connectivity index (χ0n) is 38.8. The van der Waals surface area contributed by atoms with Crippen molar-refractivity contribution >= 4 is 91.0 Å². The van der Waals surface area contributed by atoms with Gasteiger partial charge < -0.3 is 29.7 Å². The van der Waals surface area contributed by atoms with Crippen LogP contribution in [0.4, 0.5) is 33.2 Å². The number of hydrogen-bond donors (Lipinski definition) is 3. The second kappa shape index (κ2) is 18.5. The quantitative estimate of drug-likeness (QED) is 0.0798. The number of carbonyl (C=O) groups excluding carboxylic acids is 2. The maximum Gasteiger partial charge on any atom is 0.329 e. The number of fused-ring (bicyclic) bond motifs is 2. The summed E-state index contributed by atoms with van der Waals surface area (Å²) >= 11 is 3.58. The van der Waals surface area contributed by atoms with Crippen molar-refractivity contribution in [2.24, 2.45) is 12.5 Å². The number of aryl methyl sites for hydroxylation is 3. The minimum atomic E-state index is -2.92. The molecule has 15 nitrogen and oxygen atoms in total. The Morgan fingerprint density at radius 3 is 2.42 bits per heavy atom. The molecule has 1 atom stereocenters. The molecule has 2 amide bonds. The monoisotopic (exact) mass is 994 g/mol. The highest BCUT2D eigenvalue weighted by molar-refractivity contribution is 9.10. The van der Waals surface area contributed by atoms with E-state index in [0.717, 1.165) is 93.5 Å². The number of halogens is 2. The van der Waals surface area contributed by atoms with Gasteiger partial charge in [0.2, 0.25) is 17.8 Å². The lowest BCUT2D eigenvalue weighted by molar-refractivity contribution is -0.135. The van der Waals surface area contributed by atoms with Gasteiger partial charge in [0.1, 0.15) is 30.6 Å². The number of amides is 2. The molecule has 0 bridgehead atoms. The number of likely N-dealkylation sites (tertiary alicyclic amines) is 1. The summed E-state index contributed by atoms with van der Waals surface area (Å²) in [5.41, 5.74) is 7.19. The van der Waals surface area contributed by atoms with E-state index in [1.165, 1.54) is 17.3 Å². The molecule has 9 rings (SSSR count). The van der Waals surface area contributed by atoms with E-state index < -0.39 is 24.9 Å². The van der Waals surface area contributed by atoms with E-state index in [9.17, 15) is 23.3 Å². The van der Waals surface area contributed by atoms with Crippen LogP contribution in [0, 0.1) is 18.2 Å². The first-order chi connectivity index (χ1) is 32.1. The minimum absolute atomic E-state index is 0.213. The molecule has 0 radical (unpaired) electrons. The predicted octanol–water partition coefficient (Wildman–Crippen LogP) is 8.10. The van der Waals surface area contributed by atoms with Crippen molar-refractivity contribution in [1.82, 2.24) is 34.3 Å². The van der Waals surface area contributed by atoms with Crippen molar-refractivity contribution in [3.05, 3.63) is 92.3 Å². The van der Waals surface area contributed by atoms with Crippen molar-refractivity contribution < 1.29 is 23.3 Å². The number of methoxy groups -OCH3 is 1. The first-order valence-electron chi connectivity index (χ1n) is 23.0. The third-order valence-corrected chi connectivity index (χ3v) is 16.3. The molecule has 3 aliphatic rings. The van der Waals surface area contributed by atoms with E-state index in [4.69, 9.17) is 9.72 Å². The van der Waals surface area contributed by atoms with E-state index in [2.05, 4.69) is 76.8 Å². The smallest absolute Gasteiger partial charge is 0.329 e. The van der Waals surface area contributed by atoms with Crippen LogP contribution in [0.2, 0.25) is 0 Å². The Kier molecular flexibility index (Phi) is 12.8. The molecule has 0 saturated carbocycles. The molecule has 3 N–H and O–H groups in total. The number of piperidine rings is 3. The zero-order valence-corrected chi connectivity index (χ0v) is 41.3. The maximum atomic E-state index is 14.8. The van der Waals surface area contributed by atoms with Crippen LogP contribution in [0.1, 0.15) is 68.3 Å². The van der Waals surface area contributed by atoms with Crippen molar-refractivity contribution in [1.29, 1.82) is 0 Å². The molecule has 3 saturated heterocycles. The van der Waals surface area contributed by atoms with Gasteiger partial charge in [-0.15, -0.1) is 0 Å². The second-order valence-electron chi connectivity index (χ2n) is 18.7. The normalized spacial score (nSPS) is 17.9. The van der Waals surface area contributed by atoms with Crippen LogP contribution in [0.5, 0.6) is 5.75 Å². The Balaban J connectivity index is 0.847. The van der Waals surface area contributed by atoms with Gasteiger partial charge in [-0.2, -0.15) is 4.98 Å². The number of anilines is 5. The zero-order chi connectivity index (χ0) is 47.4. The van der Waals surface area contributed by atoms with Crippen molar-refractivity contribution in [3.63, 3.8) is 0 Å². The summed E-state index contributed by atoms with van der Waals surface area (Å²) in [5, 5.41) is 10.1. The third kappa shape index (κ3) is 9.09. The van der Waals surface area contributed by atoms with Crippen molar-refractivity contribution in [2.45, 2.75) is 71.3 Å². The Morgan fingerprint density at radius 1 is 0.970 bits per heavy atom. The number of rotatable bonds is 12. The number of para-hydroxylation sites is 1. The molecule has 67 heavy (non-hydrogen) atoms. The van der Waals surface area contributed by atoms with E-state index in [0.29, 0.717) is 55.7 Å². The summed E-state index contributed by atoms with van der Waals surface area (Å²) in [4.78, 5) is 56.8. The molecule has 6 heterocycles. The largest absolute Gasteiger partial charge is 0.494 e. The van der Waals surface area contributed by atoms with E-state index in [1.54, 1.807) is 61.9 Å². The SMILES string of the molecule is CCc1cc(Nc2ncc(Br)c(Nc3ccc4nc(C)c(F)cc4c3P(C)(C)=O)n2)c(OC)cc1N1CCC2(CCN(CCc3cccc4c3n(C)c(=O)n4C3CCC(=O)NC3=O)CC2)CC1. The van der Waals surface area contributed by atoms with Crippen LogP contribution >= 0.6 is 23.1 Å². The van der Waals surface area contributed by atoms with Gasteiger partial charge in [-0.3, -0.25) is 29.0 Å². The Labute approximate surface area is 397 Å². The molecular formula is C49H57BrFN10O5P. The van der Waals surface area contributed by atoms with Gasteiger partial charge in [0.25, 0.3) is 0 Å². The average molecular weight is 996 g/mol. The molecule has 352 valence electrons. The number of ether oxygens (including phenoxy) is 1. The molecule has 1 unspecified atom stereocenters. The lowest BCUT2D eigenvalue weighted by atomic mass is 9.71. The number of imidazole rings is 1. The molecular weight excluding hydrogens is 938 g/mol. The Morgan fingerprint density at radius 2 is 1.72 bits per heavy atom. The highest BCUT2D eigenvalue weighted by Gasteiger charge is 2.38. The number of benzene rings is 3. The number of pyridine rings is 1. The van der Waals surface area contributed by atoms with Gasteiger partial charge in [-0.1, -0.05) is 19.1 Å². The molecule has 6 aromatic rings. The Hall–Kier alpha value is -5.64. The first kappa shape index (κ1) is 46.5. The molecule has 3 aromatic carbocycles. The van der Waals surface area contributed by atoms with Gasteiger partial charge in [0.05, 0.1) is 45.2 Å². The molecule has 3 aliphatic heterocycles. The molecule has 3 fully saturated rings. The lowest BCUT2D eigenvalue weighted by Gasteiger charge is -2.47. The van der Waals surface area contributed by atoms with Gasteiger partial charge >= 0.3 is 5.69 Å². The van der Waals surface area contributed by atoms with Crippen molar-refractivity contribution in [2.75, 3.05) is 68.7 Å². The fraction of sp³-hybridized carbons (Fsp3) is 0.429. The highest BCUT2D eigenvalue weighted by Crippen LogP contribution is 2.45. The topological polar surface area (TPSA) is 169 Å². The third-order valence-electron chi connectivity index (χ3n) is 14.1. The lowest BCUT2D eigenvalue weighted by Crippen LogP contribution is -2.47. The second-order valence-corrected chi connectivity index (χ2v) is 22.7. The van der Waals surface area contributed by atoms with Gasteiger partial charge in [-0.25, -0.2) is 14.2 Å². The number of nitrogens with one attached hydrogen (secondary N) is 3. The summed E-state index contributed by atoms with van der Waals surface area (Å²) < 4.78 is 38.2. The number of aromatic nitrogens is 5. The van der Waals surface area contributed by atoms with Crippen LogP contribution in [-0.4, -0.2) is 94.0 Å². The van der Waals surface area contributed by atoms with Gasteiger partial charge in [-0.05, 0) is 141 Å². The predicted molar refractivity (Wildman–Crippen MR) is 266 cm³/mol. The summed E-state index contributed by atoms with van der Waals surface area (Å²) in [6, 6.07) is 14.5. The minimum Gasteiger partial charge on any atom is -0.494 e. The molecule has 1 spiro atoms. The van der Waals surface area contributed by atoms with E-state index >= 15 is 0 Å². The molecule has 0 aliphatic carbocycles. The fourth-order valence-corrected chi connectivity index (χ4v) is 12.2. The first-order valence-corrected chi connectivity index (χ1v) is 26.4. The number of hydrogen-bond acceptors (Lipinski definition) is 12. The average Bonchev–Trinajstić information content (AvgIpc) is 3.56. The van der Waals surface area contributed by atoms with Crippen LogP contribution in [0.25, 0.3) is 21.9 Å². The van der Waals surface area contributed by atoms with Gasteiger partial charge in [0, 0.05) is 61.7 Å². The summed E-state index contributed by atoms with van der Waals surface area (Å²) in [6.45, 7) is 11.9. The standard InChI is InChI=1S/C49H57BrFN10O5P/c1-7-30-25-37(55-47-52-28-33(50)45(57-47)54-36-12-11-35-32(44(36)67(5,6)65)26-34(51)29(2)53-35)41(66-4)27-40(30)60-23-18-49(19-24-60)16-21-59(22-17-49)20-15-31-9-8-10-38-43(31)58(3)48(64)61(38)39-13-14-42(62)56-46(39)63/h8-12,25-28,39H,7,13-24H2,1-6H3,(H,56,62,63)(H2,52,54,55,57). The number of carbonyl (C=O) groups is 2. The van der Waals surface area contributed by atoms with Crippen LogP contribution in [0.15, 0.2) is 64.0 Å². The number of imide groups is 1. The van der Waals surface area contributed by atoms with Crippen LogP contribution in [0.3, 0.4) is 0 Å². The summed E-state index contributed by atoms with van der Waals surface area (Å²) in [6.07, 6.45) is 8.28. The van der Waals surface area contributed by atoms with Crippen molar-refractivity contribution in [3.8, 4) is 5.75 Å². The van der Waals surface area contributed by atoms with Crippen LogP contribution in [-0.2, 0) is 34.0 Å². The summed E-state index contributed by atoms with van der Waals surface area (Å²) in [5.74, 6) is 0.264.